The summed E-state index contributed by atoms with van der Waals surface area (Å²) in [7, 11) is 0. The molecule has 0 saturated carbocycles. The van der Waals surface area contributed by atoms with Gasteiger partial charge in [-0.2, -0.15) is 26.3 Å². The van der Waals surface area contributed by atoms with Gasteiger partial charge >= 0.3 is 12.4 Å². The molecule has 34 heavy (non-hydrogen) atoms. The van der Waals surface area contributed by atoms with Crippen LogP contribution in [0.25, 0.3) is 5.70 Å². The lowest BCUT2D eigenvalue weighted by atomic mass is 9.74. The van der Waals surface area contributed by atoms with Crippen LogP contribution in [0.2, 0.25) is 0 Å². The van der Waals surface area contributed by atoms with E-state index in [-0.39, 0.29) is 28.2 Å². The van der Waals surface area contributed by atoms with Crippen LogP contribution in [0.1, 0.15) is 29.5 Å². The van der Waals surface area contributed by atoms with E-state index in [1.165, 1.54) is 13.0 Å². The summed E-state index contributed by atoms with van der Waals surface area (Å²) in [5, 5.41) is 14.6. The first kappa shape index (κ1) is 25.7. The summed E-state index contributed by atoms with van der Waals surface area (Å²) in [6, 6.07) is 4.01. The van der Waals surface area contributed by atoms with Crippen LogP contribution < -0.4 is 10.6 Å². The number of allylic oxidation sites excluding steroid dienone is 2. The maximum Gasteiger partial charge on any atom is 0.419 e. The van der Waals surface area contributed by atoms with Gasteiger partial charge in [-0.25, -0.2) is 8.78 Å². The number of halogens is 9. The van der Waals surface area contributed by atoms with Gasteiger partial charge in [0.05, 0.1) is 16.1 Å². The molecule has 0 radical (unpaired) electrons. The Kier molecular flexibility index (Phi) is 6.55. The van der Waals surface area contributed by atoms with Crippen molar-refractivity contribution in [1.29, 1.82) is 0 Å². The van der Waals surface area contributed by atoms with Gasteiger partial charge < -0.3 is 15.7 Å². The fourth-order valence-electron chi connectivity index (χ4n) is 3.59. The fourth-order valence-corrected chi connectivity index (χ4v) is 3.95. The summed E-state index contributed by atoms with van der Waals surface area (Å²) in [4.78, 5) is -1.20. The van der Waals surface area contributed by atoms with E-state index in [9.17, 15) is 40.2 Å². The Morgan fingerprint density at radius 2 is 1.74 bits per heavy atom. The van der Waals surface area contributed by atoms with Crippen LogP contribution in [0.3, 0.4) is 0 Å². The van der Waals surface area contributed by atoms with Crippen molar-refractivity contribution in [2.24, 2.45) is 0 Å². The molecule has 2 aromatic carbocycles. The third-order valence-corrected chi connectivity index (χ3v) is 5.46. The van der Waals surface area contributed by atoms with Gasteiger partial charge in [-0.1, -0.05) is 12.6 Å². The van der Waals surface area contributed by atoms with Gasteiger partial charge in [0.2, 0.25) is 0 Å². The third-order valence-electron chi connectivity index (χ3n) is 5.13. The number of anilines is 1. The Morgan fingerprint density at radius 3 is 2.29 bits per heavy atom. The van der Waals surface area contributed by atoms with Crippen LogP contribution in [-0.2, 0) is 6.18 Å². The molecule has 3 nitrogen and oxygen atoms in total. The molecular weight excluding hydrogens is 496 g/mol. The van der Waals surface area contributed by atoms with Crippen LogP contribution in [0.5, 0.6) is 5.75 Å². The summed E-state index contributed by atoms with van der Waals surface area (Å²) in [6.45, 7) is 3.44. The average Bonchev–Trinajstić information content (AvgIpc) is 2.67. The van der Waals surface area contributed by atoms with Crippen molar-refractivity contribution in [1.82, 2.24) is 5.32 Å². The van der Waals surface area contributed by atoms with Gasteiger partial charge in [-0.05, 0) is 36.8 Å². The van der Waals surface area contributed by atoms with E-state index < -0.39 is 52.6 Å². The van der Waals surface area contributed by atoms with Gasteiger partial charge in [0.25, 0.3) is 0 Å². The number of benzene rings is 2. The molecule has 0 spiro atoms. The second-order valence-electron chi connectivity index (χ2n) is 7.84. The Morgan fingerprint density at radius 1 is 1.09 bits per heavy atom. The Bertz CT molecular complexity index is 1150. The third kappa shape index (κ3) is 5.40. The summed E-state index contributed by atoms with van der Waals surface area (Å²) >= 11 is 6.35. The molecule has 0 bridgehead atoms. The van der Waals surface area contributed by atoms with E-state index in [4.69, 9.17) is 11.6 Å². The quantitative estimate of drug-likeness (QED) is 0.224. The molecule has 12 heteroatoms. The molecular formula is C22H17ClF8N2O. The average molecular weight is 513 g/mol. The summed E-state index contributed by atoms with van der Waals surface area (Å²) in [6.07, 6.45) is -8.12. The van der Waals surface area contributed by atoms with Crippen molar-refractivity contribution >= 4 is 23.0 Å². The molecule has 1 aliphatic carbocycles. The molecule has 1 unspecified atom stereocenters. The highest BCUT2D eigenvalue weighted by Crippen LogP contribution is 2.50. The minimum atomic E-state index is -4.95. The van der Waals surface area contributed by atoms with E-state index in [0.717, 1.165) is 12.1 Å². The first-order chi connectivity index (χ1) is 15.5. The lowest BCUT2D eigenvalue weighted by Gasteiger charge is -2.42. The number of nitrogens with one attached hydrogen (secondary N) is 2. The van der Waals surface area contributed by atoms with Gasteiger partial charge in [-0.15, -0.1) is 11.6 Å². The number of phenols is 1. The largest absolute Gasteiger partial charge is 0.507 e. The van der Waals surface area contributed by atoms with E-state index in [0.29, 0.717) is 18.2 Å². The molecule has 3 N–H and O–H groups in total. The Labute approximate surface area is 193 Å². The van der Waals surface area contributed by atoms with Crippen LogP contribution in [0.4, 0.5) is 40.8 Å². The van der Waals surface area contributed by atoms with Crippen LogP contribution >= 0.6 is 11.6 Å². The monoisotopic (exact) mass is 512 g/mol. The van der Waals surface area contributed by atoms with Crippen molar-refractivity contribution in [3.8, 4) is 5.75 Å². The van der Waals surface area contributed by atoms with E-state index in [1.807, 2.05) is 5.32 Å². The molecule has 2 aromatic rings. The predicted octanol–water partition coefficient (Wildman–Crippen LogP) is 6.90. The number of hydrogen-bond donors (Lipinski definition) is 3. The van der Waals surface area contributed by atoms with E-state index >= 15 is 0 Å². The lowest BCUT2D eigenvalue weighted by molar-refractivity contribution is -0.140. The molecule has 1 aliphatic rings. The number of phenolic OH excluding ortho intramolecular Hbond substituents is 1. The van der Waals surface area contributed by atoms with Crippen molar-refractivity contribution < 1.29 is 40.2 Å². The standard InChI is InChI=1S/C22H17ClF8N2O/c1-10(32-9-21(26,27)28)12-6-16(15(25)7-18(12)34)33-17-8-20(2,23)19(17)11-3-4-14(24)13(5-11)22(29,30)31/h3-8,19,32-34H,1,9H2,2H3/t19-,20?/m0/s1. The van der Waals surface area contributed by atoms with Gasteiger partial charge in [0.15, 0.2) is 0 Å². The zero-order valence-corrected chi connectivity index (χ0v) is 18.1. The van der Waals surface area contributed by atoms with E-state index in [1.54, 1.807) is 0 Å². The molecule has 0 amide bonds. The summed E-state index contributed by atoms with van der Waals surface area (Å²) in [5.41, 5.74) is -2.20. The van der Waals surface area contributed by atoms with Crippen molar-refractivity contribution in [2.45, 2.75) is 30.1 Å². The highest BCUT2D eigenvalue weighted by molar-refractivity contribution is 6.27. The van der Waals surface area contributed by atoms with Crippen molar-refractivity contribution in [3.05, 3.63) is 77.0 Å². The maximum absolute atomic E-state index is 14.5. The van der Waals surface area contributed by atoms with Gasteiger partial charge in [0, 0.05) is 28.9 Å². The van der Waals surface area contributed by atoms with Crippen LogP contribution in [0.15, 0.2) is 48.7 Å². The van der Waals surface area contributed by atoms with Crippen molar-refractivity contribution in [3.63, 3.8) is 0 Å². The Hall–Kier alpha value is -2.95. The zero-order valence-electron chi connectivity index (χ0n) is 17.3. The normalized spacial score (nSPS) is 20.4. The minimum Gasteiger partial charge on any atom is -0.507 e. The lowest BCUT2D eigenvalue weighted by Crippen LogP contribution is -2.38. The van der Waals surface area contributed by atoms with E-state index in [2.05, 4.69) is 11.9 Å². The molecule has 0 aromatic heterocycles. The fraction of sp³-hybridized carbons (Fsp3) is 0.273. The number of rotatable bonds is 6. The smallest absolute Gasteiger partial charge is 0.419 e. The maximum atomic E-state index is 14.5. The molecule has 184 valence electrons. The number of aromatic hydroxyl groups is 1. The highest BCUT2D eigenvalue weighted by Gasteiger charge is 2.45. The van der Waals surface area contributed by atoms with Gasteiger partial charge in [0.1, 0.15) is 23.9 Å². The minimum absolute atomic E-state index is 0.00638. The Balaban J connectivity index is 1.91. The molecule has 0 saturated heterocycles. The second-order valence-corrected chi connectivity index (χ2v) is 8.66. The first-order valence-corrected chi connectivity index (χ1v) is 9.95. The molecule has 3 rings (SSSR count). The number of alkyl halides is 7. The van der Waals surface area contributed by atoms with Crippen molar-refractivity contribution in [2.75, 3.05) is 11.9 Å². The summed E-state index contributed by atoms with van der Waals surface area (Å²) in [5.74, 6) is -4.08. The predicted molar refractivity (Wildman–Crippen MR) is 111 cm³/mol. The molecule has 0 heterocycles. The molecule has 0 fully saturated rings. The number of hydrogen-bond acceptors (Lipinski definition) is 3. The van der Waals surface area contributed by atoms with Gasteiger partial charge in [-0.3, -0.25) is 0 Å². The SMILES string of the molecule is C=C(NCC(F)(F)F)c1cc(NC2=CC(C)(Cl)[C@H]2c2ccc(F)c(C(F)(F)F)c2)c(F)cc1O. The first-order valence-electron chi connectivity index (χ1n) is 9.57. The second kappa shape index (κ2) is 8.68. The van der Waals surface area contributed by atoms with Crippen LogP contribution in [0, 0.1) is 11.6 Å². The topological polar surface area (TPSA) is 44.3 Å². The molecule has 2 atom stereocenters. The molecule has 0 aliphatic heterocycles. The van der Waals surface area contributed by atoms with Crippen LogP contribution in [-0.4, -0.2) is 22.7 Å². The summed E-state index contributed by atoms with van der Waals surface area (Å²) < 4.78 is 105. The highest BCUT2D eigenvalue weighted by atomic mass is 35.5. The zero-order chi connectivity index (χ0) is 25.6.